The Kier molecular flexibility index (Phi) is 3.88. The molecular formula is C12H18N2O2. The molecule has 0 spiro atoms. The maximum atomic E-state index is 11.1. The van der Waals surface area contributed by atoms with Crippen LogP contribution in [-0.2, 0) is 6.42 Å². The van der Waals surface area contributed by atoms with Crippen LogP contribution in [0, 0.1) is 0 Å². The van der Waals surface area contributed by atoms with Gasteiger partial charge in [0.1, 0.15) is 5.82 Å². The molecule has 4 heteroatoms. The van der Waals surface area contributed by atoms with Gasteiger partial charge in [-0.2, -0.15) is 0 Å². The third-order valence-corrected chi connectivity index (χ3v) is 2.72. The minimum absolute atomic E-state index is 0.293. The van der Waals surface area contributed by atoms with Crippen molar-refractivity contribution in [2.75, 3.05) is 11.9 Å². The number of pyridine rings is 1. The Morgan fingerprint density at radius 3 is 2.62 bits per heavy atom. The van der Waals surface area contributed by atoms with Gasteiger partial charge in [-0.1, -0.05) is 6.92 Å². The Hall–Kier alpha value is -1.58. The molecule has 4 nitrogen and oxygen atoms in total. The third kappa shape index (κ3) is 2.51. The van der Waals surface area contributed by atoms with Gasteiger partial charge in [-0.05, 0) is 31.9 Å². The summed E-state index contributed by atoms with van der Waals surface area (Å²) < 4.78 is 0. The van der Waals surface area contributed by atoms with Crippen molar-refractivity contribution in [3.8, 4) is 0 Å². The molecule has 0 unspecified atom stereocenters. The topological polar surface area (TPSA) is 53.4 Å². The standard InChI is InChI=1S/C12H18N2O2/c1-5-9-7-13-11(14(4)8(2)3)6-10(9)12(15)16/h6-8H,5H2,1-4H3,(H,15,16). The van der Waals surface area contributed by atoms with Gasteiger partial charge in [0.05, 0.1) is 5.56 Å². The van der Waals surface area contributed by atoms with E-state index in [0.717, 1.165) is 5.56 Å². The van der Waals surface area contributed by atoms with E-state index in [-0.39, 0.29) is 0 Å². The number of nitrogens with zero attached hydrogens (tertiary/aromatic N) is 2. The summed E-state index contributed by atoms with van der Waals surface area (Å²) in [4.78, 5) is 17.3. The number of carboxylic acids is 1. The molecule has 0 radical (unpaired) electrons. The summed E-state index contributed by atoms with van der Waals surface area (Å²) in [7, 11) is 1.91. The van der Waals surface area contributed by atoms with Crippen LogP contribution < -0.4 is 4.90 Å². The number of aromatic carboxylic acids is 1. The number of hydrogen-bond acceptors (Lipinski definition) is 3. The van der Waals surface area contributed by atoms with Gasteiger partial charge in [-0.25, -0.2) is 9.78 Å². The molecule has 1 rings (SSSR count). The van der Waals surface area contributed by atoms with Gasteiger partial charge in [-0.15, -0.1) is 0 Å². The minimum atomic E-state index is -0.891. The molecule has 1 N–H and O–H groups in total. The van der Waals surface area contributed by atoms with E-state index < -0.39 is 5.97 Å². The smallest absolute Gasteiger partial charge is 0.336 e. The first kappa shape index (κ1) is 12.5. The Balaban J connectivity index is 3.16. The zero-order valence-corrected chi connectivity index (χ0v) is 10.2. The summed E-state index contributed by atoms with van der Waals surface area (Å²) in [6.45, 7) is 6.00. The van der Waals surface area contributed by atoms with Crippen LogP contribution in [0.1, 0.15) is 36.7 Å². The fourth-order valence-corrected chi connectivity index (χ4v) is 1.41. The van der Waals surface area contributed by atoms with E-state index in [1.165, 1.54) is 0 Å². The summed E-state index contributed by atoms with van der Waals surface area (Å²) in [5.74, 6) is -0.192. The average Bonchev–Trinajstić information content (AvgIpc) is 2.26. The fraction of sp³-hybridized carbons (Fsp3) is 0.500. The fourth-order valence-electron chi connectivity index (χ4n) is 1.41. The van der Waals surface area contributed by atoms with Crippen molar-refractivity contribution >= 4 is 11.8 Å². The van der Waals surface area contributed by atoms with Crippen molar-refractivity contribution < 1.29 is 9.90 Å². The molecule has 1 aromatic rings. The molecule has 0 aliphatic rings. The molecule has 0 atom stereocenters. The van der Waals surface area contributed by atoms with E-state index in [9.17, 15) is 4.79 Å². The molecule has 0 aromatic carbocycles. The molecule has 1 aromatic heterocycles. The molecule has 0 amide bonds. The molecule has 1 heterocycles. The SMILES string of the molecule is CCc1cnc(N(C)C(C)C)cc1C(=O)O. The lowest BCUT2D eigenvalue weighted by Gasteiger charge is -2.23. The second-order valence-electron chi connectivity index (χ2n) is 4.06. The molecular weight excluding hydrogens is 204 g/mol. The summed E-state index contributed by atoms with van der Waals surface area (Å²) in [6.07, 6.45) is 2.33. The zero-order valence-electron chi connectivity index (χ0n) is 10.2. The third-order valence-electron chi connectivity index (χ3n) is 2.72. The molecule has 16 heavy (non-hydrogen) atoms. The number of aromatic nitrogens is 1. The Labute approximate surface area is 95.9 Å². The van der Waals surface area contributed by atoms with Crippen LogP contribution in [0.15, 0.2) is 12.3 Å². The highest BCUT2D eigenvalue weighted by molar-refractivity contribution is 5.90. The highest BCUT2D eigenvalue weighted by atomic mass is 16.4. The van der Waals surface area contributed by atoms with E-state index in [4.69, 9.17) is 5.11 Å². The molecule has 0 bridgehead atoms. The minimum Gasteiger partial charge on any atom is -0.478 e. The van der Waals surface area contributed by atoms with Crippen LogP contribution in [0.2, 0.25) is 0 Å². The highest BCUT2D eigenvalue weighted by Crippen LogP contribution is 2.17. The number of carbonyl (C=O) groups is 1. The van der Waals surface area contributed by atoms with Gasteiger partial charge in [0.25, 0.3) is 0 Å². The number of anilines is 1. The summed E-state index contributed by atoms with van der Waals surface area (Å²) in [6, 6.07) is 1.93. The van der Waals surface area contributed by atoms with Crippen LogP contribution in [0.3, 0.4) is 0 Å². The molecule has 0 fully saturated rings. The van der Waals surface area contributed by atoms with Gasteiger partial charge < -0.3 is 10.0 Å². The maximum Gasteiger partial charge on any atom is 0.336 e. The van der Waals surface area contributed by atoms with Crippen LogP contribution in [0.5, 0.6) is 0 Å². The largest absolute Gasteiger partial charge is 0.478 e. The second kappa shape index (κ2) is 4.96. The van der Waals surface area contributed by atoms with Crippen molar-refractivity contribution in [2.45, 2.75) is 33.2 Å². The normalized spacial score (nSPS) is 10.6. The molecule has 0 saturated heterocycles. The van der Waals surface area contributed by atoms with Crippen LogP contribution >= 0.6 is 0 Å². The number of rotatable bonds is 4. The van der Waals surface area contributed by atoms with Gasteiger partial charge >= 0.3 is 5.97 Å². The van der Waals surface area contributed by atoms with Crippen molar-refractivity contribution in [1.82, 2.24) is 4.98 Å². The van der Waals surface area contributed by atoms with Crippen molar-refractivity contribution in [3.63, 3.8) is 0 Å². The van der Waals surface area contributed by atoms with Crippen LogP contribution in [0.25, 0.3) is 0 Å². The molecule has 0 aliphatic heterocycles. The van der Waals surface area contributed by atoms with E-state index in [1.54, 1.807) is 12.3 Å². The molecule has 0 saturated carbocycles. The van der Waals surface area contributed by atoms with E-state index in [2.05, 4.69) is 4.98 Å². The monoisotopic (exact) mass is 222 g/mol. The van der Waals surface area contributed by atoms with Crippen LogP contribution in [0.4, 0.5) is 5.82 Å². The number of carboxylic acid groups (broad SMARTS) is 1. The molecule has 88 valence electrons. The van der Waals surface area contributed by atoms with Crippen molar-refractivity contribution in [1.29, 1.82) is 0 Å². The summed E-state index contributed by atoms with van der Waals surface area (Å²) in [5.41, 5.74) is 1.12. The Bertz CT molecular complexity index is 389. The predicted octanol–water partition coefficient (Wildman–Crippen LogP) is 2.19. The first-order valence-electron chi connectivity index (χ1n) is 5.42. The van der Waals surface area contributed by atoms with Crippen molar-refractivity contribution in [3.05, 3.63) is 23.4 Å². The summed E-state index contributed by atoms with van der Waals surface area (Å²) in [5, 5.41) is 9.10. The van der Waals surface area contributed by atoms with Crippen molar-refractivity contribution in [2.24, 2.45) is 0 Å². The number of aryl methyl sites for hydroxylation is 1. The van der Waals surface area contributed by atoms with Gasteiger partial charge in [0.15, 0.2) is 0 Å². The highest BCUT2D eigenvalue weighted by Gasteiger charge is 2.13. The second-order valence-corrected chi connectivity index (χ2v) is 4.06. The zero-order chi connectivity index (χ0) is 12.3. The van der Waals surface area contributed by atoms with E-state index >= 15 is 0 Å². The van der Waals surface area contributed by atoms with Gasteiger partial charge in [0.2, 0.25) is 0 Å². The van der Waals surface area contributed by atoms with E-state index in [1.807, 2.05) is 32.7 Å². The maximum absolute atomic E-state index is 11.1. The summed E-state index contributed by atoms with van der Waals surface area (Å²) >= 11 is 0. The Morgan fingerprint density at radius 1 is 1.56 bits per heavy atom. The predicted molar refractivity (Wildman–Crippen MR) is 64.1 cm³/mol. The molecule has 0 aliphatic carbocycles. The Morgan fingerprint density at radius 2 is 2.19 bits per heavy atom. The quantitative estimate of drug-likeness (QED) is 0.848. The van der Waals surface area contributed by atoms with Gasteiger partial charge in [0, 0.05) is 19.3 Å². The van der Waals surface area contributed by atoms with E-state index in [0.29, 0.717) is 23.8 Å². The first-order chi connectivity index (χ1) is 7.47. The van der Waals surface area contributed by atoms with Gasteiger partial charge in [-0.3, -0.25) is 0 Å². The number of hydrogen-bond donors (Lipinski definition) is 1. The first-order valence-corrected chi connectivity index (χ1v) is 5.42. The lowest BCUT2D eigenvalue weighted by atomic mass is 10.1. The average molecular weight is 222 g/mol. The van der Waals surface area contributed by atoms with Crippen LogP contribution in [-0.4, -0.2) is 29.1 Å². The lowest BCUT2D eigenvalue weighted by molar-refractivity contribution is 0.0695. The lowest BCUT2D eigenvalue weighted by Crippen LogP contribution is -2.27.